The maximum Gasteiger partial charge on any atom is 0.315 e. The molecule has 1 aromatic heterocycles. The normalized spacial score (nSPS) is 11.7. The molecule has 0 aliphatic rings. The van der Waals surface area contributed by atoms with Crippen LogP contribution in [0.5, 0.6) is 0 Å². The Morgan fingerprint density at radius 2 is 1.68 bits per heavy atom. The van der Waals surface area contributed by atoms with Gasteiger partial charge in [-0.05, 0) is 35.9 Å². The Hall–Kier alpha value is -2.59. The maximum absolute atomic E-state index is 12.4. The molecule has 0 saturated heterocycles. The van der Waals surface area contributed by atoms with Gasteiger partial charge in [0.1, 0.15) is 0 Å². The molecular weight excluding hydrogens is 328 g/mol. The molecule has 2 amide bonds. The Labute approximate surface area is 152 Å². The Morgan fingerprint density at radius 1 is 0.960 bits per heavy atom. The molecule has 4 heteroatoms. The van der Waals surface area contributed by atoms with Crippen molar-refractivity contribution >= 4 is 17.4 Å². The Balaban J connectivity index is 1.67. The molecule has 0 radical (unpaired) electrons. The molecule has 0 bridgehead atoms. The number of thiophene rings is 1. The Morgan fingerprint density at radius 3 is 2.36 bits per heavy atom. The van der Waals surface area contributed by atoms with Crippen molar-refractivity contribution in [2.75, 3.05) is 6.54 Å². The predicted molar refractivity (Wildman–Crippen MR) is 104 cm³/mol. The van der Waals surface area contributed by atoms with Crippen molar-refractivity contribution in [2.24, 2.45) is 0 Å². The lowest BCUT2D eigenvalue weighted by Gasteiger charge is -2.20. The van der Waals surface area contributed by atoms with Crippen molar-refractivity contribution in [3.8, 4) is 0 Å². The van der Waals surface area contributed by atoms with Crippen LogP contribution in [-0.4, -0.2) is 12.6 Å². The zero-order valence-corrected chi connectivity index (χ0v) is 15.1. The number of aryl methyl sites for hydroxylation is 1. The first kappa shape index (κ1) is 17.2. The highest BCUT2D eigenvalue weighted by Crippen LogP contribution is 2.22. The van der Waals surface area contributed by atoms with Gasteiger partial charge >= 0.3 is 6.03 Å². The summed E-state index contributed by atoms with van der Waals surface area (Å²) < 4.78 is 0. The lowest BCUT2D eigenvalue weighted by Crippen LogP contribution is -2.39. The van der Waals surface area contributed by atoms with Crippen LogP contribution in [0.2, 0.25) is 0 Å². The van der Waals surface area contributed by atoms with Gasteiger partial charge in [-0.3, -0.25) is 0 Å². The maximum atomic E-state index is 12.4. The number of urea groups is 1. The van der Waals surface area contributed by atoms with E-state index in [0.29, 0.717) is 6.54 Å². The van der Waals surface area contributed by atoms with Crippen LogP contribution in [0.4, 0.5) is 4.79 Å². The molecule has 0 aliphatic heterocycles. The lowest BCUT2D eigenvalue weighted by molar-refractivity contribution is 0.239. The number of nitrogens with one attached hydrogen (secondary N) is 2. The second kappa shape index (κ2) is 8.49. The minimum absolute atomic E-state index is 0.147. The number of carbonyl (C=O) groups excluding carboxylic acids is 1. The average Bonchev–Trinajstić information content (AvgIpc) is 3.15. The van der Waals surface area contributed by atoms with Crippen LogP contribution in [0.25, 0.3) is 0 Å². The van der Waals surface area contributed by atoms with Crippen molar-refractivity contribution in [3.05, 3.63) is 93.7 Å². The van der Waals surface area contributed by atoms with E-state index in [1.54, 1.807) is 11.3 Å². The monoisotopic (exact) mass is 350 g/mol. The molecule has 0 fully saturated rings. The highest BCUT2D eigenvalue weighted by molar-refractivity contribution is 7.09. The minimum atomic E-state index is -0.163. The molecule has 0 saturated carbocycles. The molecule has 3 aromatic rings. The molecule has 0 aliphatic carbocycles. The van der Waals surface area contributed by atoms with Gasteiger partial charge in [-0.1, -0.05) is 66.2 Å². The number of hydrogen-bond donors (Lipinski definition) is 2. The summed E-state index contributed by atoms with van der Waals surface area (Å²) in [6, 6.07) is 22.1. The fourth-order valence-corrected chi connectivity index (χ4v) is 3.41. The number of hydrogen-bond acceptors (Lipinski definition) is 2. The van der Waals surface area contributed by atoms with Crippen molar-refractivity contribution in [1.82, 2.24) is 10.6 Å². The number of benzene rings is 2. The van der Waals surface area contributed by atoms with Crippen molar-refractivity contribution in [1.29, 1.82) is 0 Å². The standard InChI is InChI=1S/C21H22N2OS/c1-16-9-11-18(12-10-16)20(17-6-3-2-4-7-17)23-21(24)22-14-13-19-8-5-15-25-19/h2-12,15,20H,13-14H2,1H3,(H2,22,23,24). The first-order valence-corrected chi connectivity index (χ1v) is 9.28. The highest BCUT2D eigenvalue weighted by atomic mass is 32.1. The number of rotatable bonds is 6. The predicted octanol–water partition coefficient (Wildman–Crippen LogP) is 4.69. The van der Waals surface area contributed by atoms with E-state index in [1.807, 2.05) is 36.4 Å². The average molecular weight is 350 g/mol. The van der Waals surface area contributed by atoms with Crippen molar-refractivity contribution in [2.45, 2.75) is 19.4 Å². The Bertz CT molecular complexity index is 783. The van der Waals surface area contributed by atoms with E-state index in [-0.39, 0.29) is 12.1 Å². The van der Waals surface area contributed by atoms with Crippen LogP contribution in [0.3, 0.4) is 0 Å². The summed E-state index contributed by atoms with van der Waals surface area (Å²) in [6.45, 7) is 2.69. The van der Waals surface area contributed by atoms with Gasteiger partial charge in [0.2, 0.25) is 0 Å². The zero-order valence-electron chi connectivity index (χ0n) is 14.2. The van der Waals surface area contributed by atoms with Gasteiger partial charge in [0.25, 0.3) is 0 Å². The van der Waals surface area contributed by atoms with E-state index in [9.17, 15) is 4.79 Å². The van der Waals surface area contributed by atoms with Crippen molar-refractivity contribution in [3.63, 3.8) is 0 Å². The summed E-state index contributed by atoms with van der Waals surface area (Å²) in [5.41, 5.74) is 3.35. The molecule has 0 spiro atoms. The third-order valence-corrected chi connectivity index (χ3v) is 4.99. The van der Waals surface area contributed by atoms with Crippen LogP contribution < -0.4 is 10.6 Å². The van der Waals surface area contributed by atoms with E-state index in [0.717, 1.165) is 17.5 Å². The van der Waals surface area contributed by atoms with Crippen LogP contribution in [-0.2, 0) is 6.42 Å². The third-order valence-electron chi connectivity index (χ3n) is 4.06. The summed E-state index contributed by atoms with van der Waals surface area (Å²) in [6.07, 6.45) is 0.853. The number of carbonyl (C=O) groups is 1. The second-order valence-electron chi connectivity index (χ2n) is 5.98. The minimum Gasteiger partial charge on any atom is -0.338 e. The molecule has 3 nitrogen and oxygen atoms in total. The van der Waals surface area contributed by atoms with Gasteiger partial charge in [0.05, 0.1) is 6.04 Å². The second-order valence-corrected chi connectivity index (χ2v) is 7.02. The summed E-state index contributed by atoms with van der Waals surface area (Å²) in [7, 11) is 0. The fraction of sp³-hybridized carbons (Fsp3) is 0.190. The van der Waals surface area contributed by atoms with Crippen molar-refractivity contribution < 1.29 is 4.79 Å². The molecule has 25 heavy (non-hydrogen) atoms. The molecule has 1 heterocycles. The highest BCUT2D eigenvalue weighted by Gasteiger charge is 2.16. The number of amides is 2. The van der Waals surface area contributed by atoms with E-state index in [1.165, 1.54) is 10.4 Å². The van der Waals surface area contributed by atoms with Crippen LogP contribution >= 0.6 is 11.3 Å². The molecule has 1 unspecified atom stereocenters. The van der Waals surface area contributed by atoms with E-state index >= 15 is 0 Å². The van der Waals surface area contributed by atoms with E-state index < -0.39 is 0 Å². The largest absolute Gasteiger partial charge is 0.338 e. The van der Waals surface area contributed by atoms with Gasteiger partial charge in [0, 0.05) is 11.4 Å². The SMILES string of the molecule is Cc1ccc(C(NC(=O)NCCc2cccs2)c2ccccc2)cc1. The van der Waals surface area contributed by atoms with Gasteiger partial charge in [0.15, 0.2) is 0 Å². The quantitative estimate of drug-likeness (QED) is 0.665. The van der Waals surface area contributed by atoms with E-state index in [4.69, 9.17) is 0 Å². The molecular formula is C21H22N2OS. The van der Waals surface area contributed by atoms with Gasteiger partial charge in [-0.2, -0.15) is 0 Å². The molecule has 3 rings (SSSR count). The molecule has 2 N–H and O–H groups in total. The molecule has 1 atom stereocenters. The molecule has 2 aromatic carbocycles. The summed E-state index contributed by atoms with van der Waals surface area (Å²) in [5.74, 6) is 0. The summed E-state index contributed by atoms with van der Waals surface area (Å²) in [5, 5.41) is 8.12. The molecule has 128 valence electrons. The van der Waals surface area contributed by atoms with Gasteiger partial charge in [-0.15, -0.1) is 11.3 Å². The first-order chi connectivity index (χ1) is 12.2. The summed E-state index contributed by atoms with van der Waals surface area (Å²) in [4.78, 5) is 13.7. The fourth-order valence-electron chi connectivity index (χ4n) is 2.70. The third kappa shape index (κ3) is 4.94. The zero-order chi connectivity index (χ0) is 17.5. The Kier molecular flexibility index (Phi) is 5.86. The van der Waals surface area contributed by atoms with Gasteiger partial charge in [-0.25, -0.2) is 4.79 Å². The van der Waals surface area contributed by atoms with Gasteiger partial charge < -0.3 is 10.6 Å². The lowest BCUT2D eigenvalue weighted by atomic mass is 9.98. The topological polar surface area (TPSA) is 41.1 Å². The van der Waals surface area contributed by atoms with E-state index in [2.05, 4.69) is 53.3 Å². The smallest absolute Gasteiger partial charge is 0.315 e. The van der Waals surface area contributed by atoms with Crippen LogP contribution in [0.15, 0.2) is 72.1 Å². The summed E-state index contributed by atoms with van der Waals surface area (Å²) >= 11 is 1.71. The first-order valence-electron chi connectivity index (χ1n) is 8.40. The van der Waals surface area contributed by atoms with Crippen LogP contribution in [0.1, 0.15) is 27.6 Å². The van der Waals surface area contributed by atoms with Crippen LogP contribution in [0, 0.1) is 6.92 Å².